The van der Waals surface area contributed by atoms with Crippen molar-refractivity contribution in [3.63, 3.8) is 0 Å². The number of nitrogens with zero attached hydrogens (tertiary/aromatic N) is 9. The Balaban J connectivity index is 0.000000241. The number of halogens is 4. The summed E-state index contributed by atoms with van der Waals surface area (Å²) in [7, 11) is 0. The molecule has 526 valence electrons. The SMILES string of the molecule is CC(=O)CCn1nc(OC(=O)COc2ccc(C)cc2Cl)ccc1=O.CCOC(=O)CCn1nc(OC(=O)COc2ccc(C)cc2Cl)ccc1=O.Cc1ccc(OCC(=O)Oc2ccc(=O)n(CCC=O)n2)c(Cl)c1.[C-]#[N+]CCn1nc(OC(=O)COc2ccc(C)cc2Cl)ccc1=O. The highest BCUT2D eigenvalue weighted by Gasteiger charge is 2.17. The first kappa shape index (κ1) is 79.6. The standard InChI is InChI=1S/C18H19ClN2O6.C17H17ClN2O5.C16H14ClN3O4.C16H15ClN2O5/c1-3-25-17(23)8-9-21-16(22)7-6-15(20-21)27-18(24)11-26-14-5-4-12(2)10-13(14)19;1-11-3-4-14(13(18)9-11)24-10-17(23)25-15-5-6-16(22)20(19-15)8-7-12(2)21;1-11-3-4-13(12(17)9-11)23-10-16(22)24-14-5-6-15(21)20(19-14)8-7-18-2;1-11-3-4-13(12(17)9-11)23-10-16(22)24-14-5-6-15(21)19(18-14)7-2-8-20/h4-7,10H,3,8-9,11H2,1-2H3;3-6,9H,7-8,10H2,1-2H3;3-6,9H,7-8,10H2,1H3;3-6,8-9H,2,7,10H2,1H3. The number of aryl methyl sites for hydroxylation is 7. The van der Waals surface area contributed by atoms with Crippen molar-refractivity contribution in [3.05, 3.63) is 217 Å². The van der Waals surface area contributed by atoms with Gasteiger partial charge in [-0.15, -0.1) is 20.4 Å². The molecular formula is C67H65Cl4N9O20. The number of carbonyl (C=O) groups is 7. The molecule has 4 aromatic carbocycles. The number of rotatable bonds is 28. The van der Waals surface area contributed by atoms with E-state index in [1.807, 2.05) is 27.7 Å². The number of hydrogen-bond donors (Lipinski definition) is 0. The van der Waals surface area contributed by atoms with E-state index in [9.17, 15) is 52.7 Å². The second kappa shape index (κ2) is 41.3. The molecule has 0 atom stereocenters. The number of Topliss-reactive ketones (excluding diaryl/α,β-unsaturated/α-hetero) is 1. The lowest BCUT2D eigenvalue weighted by atomic mass is 10.2. The first-order valence-corrected chi connectivity index (χ1v) is 31.4. The molecule has 0 aliphatic rings. The minimum absolute atomic E-state index is 0.0124. The van der Waals surface area contributed by atoms with Crippen LogP contribution < -0.4 is 60.1 Å². The second-order valence-corrected chi connectivity index (χ2v) is 22.2. The highest BCUT2D eigenvalue weighted by molar-refractivity contribution is 6.33. The molecule has 33 heteroatoms. The van der Waals surface area contributed by atoms with Crippen molar-refractivity contribution < 1.29 is 76.2 Å². The Morgan fingerprint density at radius 3 is 0.990 bits per heavy atom. The van der Waals surface area contributed by atoms with Crippen LogP contribution >= 0.6 is 46.4 Å². The van der Waals surface area contributed by atoms with Gasteiger partial charge in [-0.1, -0.05) is 70.7 Å². The smallest absolute Gasteiger partial charge is 0.350 e. The van der Waals surface area contributed by atoms with Gasteiger partial charge < -0.3 is 52.3 Å². The highest BCUT2D eigenvalue weighted by Crippen LogP contribution is 2.28. The van der Waals surface area contributed by atoms with Gasteiger partial charge in [-0.2, -0.15) is 0 Å². The largest absolute Gasteiger partial charge is 0.480 e. The predicted octanol–water partition coefficient (Wildman–Crippen LogP) is 8.20. The third-order valence-corrected chi connectivity index (χ3v) is 13.5. The summed E-state index contributed by atoms with van der Waals surface area (Å²) >= 11 is 24.1. The number of esters is 5. The van der Waals surface area contributed by atoms with Gasteiger partial charge in [-0.25, -0.2) is 44.5 Å². The molecule has 8 rings (SSSR count). The van der Waals surface area contributed by atoms with Crippen molar-refractivity contribution in [2.75, 3.05) is 39.6 Å². The molecule has 0 saturated carbocycles. The number of ketones is 1. The van der Waals surface area contributed by atoms with Crippen LogP contribution in [0.3, 0.4) is 0 Å². The zero-order valence-electron chi connectivity index (χ0n) is 54.5. The van der Waals surface area contributed by atoms with Crippen LogP contribution in [0.4, 0.5) is 0 Å². The average molecular weight is 1460 g/mol. The van der Waals surface area contributed by atoms with Crippen LogP contribution in [-0.4, -0.2) is 121 Å². The van der Waals surface area contributed by atoms with Gasteiger partial charge in [0.1, 0.15) is 41.6 Å². The summed E-state index contributed by atoms with van der Waals surface area (Å²) in [6, 6.07) is 30.6. The van der Waals surface area contributed by atoms with Crippen LogP contribution in [0, 0.1) is 34.3 Å². The molecule has 0 N–H and O–H groups in total. The van der Waals surface area contributed by atoms with E-state index < -0.39 is 35.4 Å². The van der Waals surface area contributed by atoms with Crippen LogP contribution in [0.2, 0.25) is 20.1 Å². The number of aromatic nitrogens is 8. The first-order chi connectivity index (χ1) is 47.7. The van der Waals surface area contributed by atoms with Crippen LogP contribution in [0.25, 0.3) is 4.85 Å². The maximum Gasteiger partial charge on any atom is 0.350 e. The summed E-state index contributed by atoms with van der Waals surface area (Å²) < 4.78 is 50.4. The Hall–Kier alpha value is -11.1. The molecule has 8 aromatic rings. The molecule has 100 heavy (non-hydrogen) atoms. The zero-order chi connectivity index (χ0) is 73.3. The van der Waals surface area contributed by atoms with Gasteiger partial charge in [0, 0.05) is 61.4 Å². The van der Waals surface area contributed by atoms with Gasteiger partial charge in [-0.05, 0) is 112 Å². The van der Waals surface area contributed by atoms with Crippen molar-refractivity contribution in [3.8, 4) is 46.5 Å². The highest BCUT2D eigenvalue weighted by atomic mass is 35.5. The quantitative estimate of drug-likeness (QED) is 0.0253. The Bertz CT molecular complexity index is 4500. The summed E-state index contributed by atoms with van der Waals surface area (Å²) in [6.45, 7) is 16.6. The predicted molar refractivity (Wildman–Crippen MR) is 362 cm³/mol. The van der Waals surface area contributed by atoms with Crippen molar-refractivity contribution in [1.29, 1.82) is 0 Å². The molecule has 0 unspecified atom stereocenters. The van der Waals surface area contributed by atoms with E-state index >= 15 is 0 Å². The Kier molecular flexibility index (Phi) is 32.8. The van der Waals surface area contributed by atoms with Crippen LogP contribution in [0.5, 0.6) is 46.5 Å². The van der Waals surface area contributed by atoms with Gasteiger partial charge in [0.2, 0.25) is 30.1 Å². The fourth-order valence-electron chi connectivity index (χ4n) is 7.62. The molecule has 0 spiro atoms. The lowest BCUT2D eigenvalue weighted by molar-refractivity contribution is -0.143. The number of ether oxygens (including phenoxy) is 9. The summed E-state index contributed by atoms with van der Waals surface area (Å²) in [4.78, 5) is 130. The maximum absolute atomic E-state index is 11.9. The molecular weight excluding hydrogens is 1390 g/mol. The third-order valence-electron chi connectivity index (χ3n) is 12.4. The van der Waals surface area contributed by atoms with Gasteiger partial charge >= 0.3 is 29.8 Å². The summed E-state index contributed by atoms with van der Waals surface area (Å²) in [5, 5.41) is 17.1. The van der Waals surface area contributed by atoms with Gasteiger partial charge in [0.15, 0.2) is 26.4 Å². The molecule has 0 aliphatic heterocycles. The molecule has 0 bridgehead atoms. The van der Waals surface area contributed by atoms with Gasteiger partial charge in [0.05, 0.1) is 52.8 Å². The lowest BCUT2D eigenvalue weighted by Crippen LogP contribution is -2.25. The van der Waals surface area contributed by atoms with E-state index in [1.165, 1.54) is 55.5 Å². The first-order valence-electron chi connectivity index (χ1n) is 29.9. The molecule has 0 radical (unpaired) electrons. The molecule has 29 nitrogen and oxygen atoms in total. The third kappa shape index (κ3) is 28.6. The molecule has 0 amide bonds. The topological polar surface area (TPSA) is 346 Å². The molecule has 0 fully saturated rings. The summed E-state index contributed by atoms with van der Waals surface area (Å²) in [6.07, 6.45) is 0.956. The molecule has 0 aliphatic carbocycles. The van der Waals surface area contributed by atoms with Crippen LogP contribution in [0.1, 0.15) is 55.4 Å². The summed E-state index contributed by atoms with van der Waals surface area (Å²) in [5.41, 5.74) is 2.30. The van der Waals surface area contributed by atoms with E-state index in [-0.39, 0.29) is 131 Å². The maximum atomic E-state index is 11.9. The Morgan fingerprint density at radius 1 is 0.430 bits per heavy atom. The summed E-state index contributed by atoms with van der Waals surface area (Å²) in [5.74, 6) is -2.07. The average Bonchev–Trinajstić information content (AvgIpc) is 0.930. The normalized spacial score (nSPS) is 10.2. The van der Waals surface area contributed by atoms with E-state index in [0.29, 0.717) is 49.4 Å². The zero-order valence-corrected chi connectivity index (χ0v) is 57.5. The van der Waals surface area contributed by atoms with E-state index in [0.717, 1.165) is 41.0 Å². The van der Waals surface area contributed by atoms with Gasteiger partial charge in [0.25, 0.3) is 22.2 Å². The molecule has 4 aromatic heterocycles. The molecule has 0 saturated heterocycles. The van der Waals surface area contributed by atoms with E-state index in [1.54, 1.807) is 79.7 Å². The molecule has 4 heterocycles. The minimum Gasteiger partial charge on any atom is -0.480 e. The number of aldehydes is 1. The van der Waals surface area contributed by atoms with Crippen molar-refractivity contribution in [2.45, 2.75) is 87.0 Å². The van der Waals surface area contributed by atoms with Crippen molar-refractivity contribution in [2.24, 2.45) is 0 Å². The Labute approximate surface area is 590 Å². The monoisotopic (exact) mass is 1460 g/mol. The van der Waals surface area contributed by atoms with Crippen molar-refractivity contribution in [1.82, 2.24) is 39.1 Å². The minimum atomic E-state index is -0.713. The fraction of sp³-hybridized carbons (Fsp3) is 0.284. The Morgan fingerprint density at radius 2 is 0.720 bits per heavy atom. The van der Waals surface area contributed by atoms with Crippen molar-refractivity contribution >= 4 is 88.3 Å². The van der Waals surface area contributed by atoms with Gasteiger partial charge in [-0.3, -0.25) is 28.8 Å². The lowest BCUT2D eigenvalue weighted by Gasteiger charge is -2.09. The number of benzene rings is 4. The van der Waals surface area contributed by atoms with E-state index in [4.69, 9.17) is 95.6 Å². The van der Waals surface area contributed by atoms with Crippen LogP contribution in [0.15, 0.2) is 141 Å². The second-order valence-electron chi connectivity index (χ2n) is 20.6. The van der Waals surface area contributed by atoms with Crippen LogP contribution in [-0.2, 0) is 64.5 Å². The van der Waals surface area contributed by atoms with E-state index in [2.05, 4.69) is 25.2 Å². The number of hydrogen-bond acceptors (Lipinski definition) is 24. The fourth-order valence-corrected chi connectivity index (χ4v) is 8.77. The number of carbonyl (C=O) groups excluding carboxylic acids is 7.